The average Bonchev–Trinajstić information content (AvgIpc) is 1.80. The van der Waals surface area contributed by atoms with E-state index in [0.29, 0.717) is 5.75 Å². The van der Waals surface area contributed by atoms with Gasteiger partial charge in [0, 0.05) is 0 Å². The van der Waals surface area contributed by atoms with Gasteiger partial charge < -0.3 is 4.74 Å². The van der Waals surface area contributed by atoms with Gasteiger partial charge in [-0.1, -0.05) is 0 Å². The van der Waals surface area contributed by atoms with E-state index in [9.17, 15) is 9.59 Å². The smallest absolute Gasteiger partial charge is 0.326 e. The Labute approximate surface area is 56.8 Å². The predicted molar refractivity (Wildman–Crippen MR) is 33.0 cm³/mol. The molecule has 4 heteroatoms. The van der Waals surface area contributed by atoms with Gasteiger partial charge in [-0.15, -0.1) is 11.8 Å². The number of carbonyl (C=O) groups excluding carboxylic acids is 2. The lowest BCUT2D eigenvalue weighted by molar-refractivity contribution is -0.157. The average molecular weight is 146 g/mol. The van der Waals surface area contributed by atoms with E-state index >= 15 is 0 Å². The molecule has 0 radical (unpaired) electrons. The van der Waals surface area contributed by atoms with Crippen LogP contribution in [0.15, 0.2) is 0 Å². The molecule has 1 rings (SSSR count). The van der Waals surface area contributed by atoms with Crippen molar-refractivity contribution in [2.75, 3.05) is 5.75 Å². The molecule has 0 unspecified atom stereocenters. The summed E-state index contributed by atoms with van der Waals surface area (Å²) in [7, 11) is 0. The number of rotatable bonds is 0. The zero-order valence-electron chi connectivity index (χ0n) is 4.92. The van der Waals surface area contributed by atoms with Gasteiger partial charge in [0.25, 0.3) is 0 Å². The Morgan fingerprint density at radius 3 is 2.78 bits per heavy atom. The van der Waals surface area contributed by atoms with Gasteiger partial charge in [0.05, 0.1) is 5.75 Å². The van der Waals surface area contributed by atoms with Gasteiger partial charge in [-0.3, -0.25) is 9.59 Å². The Hall–Kier alpha value is -0.510. The molecule has 1 aliphatic rings. The molecule has 9 heavy (non-hydrogen) atoms. The standard InChI is InChI=1S/C5H6O3S/c1-3-5(7)8-4(6)2-9-3/h3H,2H2,1H3/t3-/m0/s1. The van der Waals surface area contributed by atoms with Crippen LogP contribution < -0.4 is 0 Å². The van der Waals surface area contributed by atoms with E-state index in [2.05, 4.69) is 4.74 Å². The summed E-state index contributed by atoms with van der Waals surface area (Å²) in [6.45, 7) is 1.72. The van der Waals surface area contributed by atoms with Gasteiger partial charge >= 0.3 is 11.9 Å². The van der Waals surface area contributed by atoms with Crippen molar-refractivity contribution in [3.8, 4) is 0 Å². The summed E-state index contributed by atoms with van der Waals surface area (Å²) < 4.78 is 4.30. The van der Waals surface area contributed by atoms with E-state index in [4.69, 9.17) is 0 Å². The van der Waals surface area contributed by atoms with Gasteiger partial charge in [0.2, 0.25) is 0 Å². The molecule has 1 saturated heterocycles. The molecular formula is C5H6O3S. The minimum atomic E-state index is -0.428. The first-order chi connectivity index (χ1) is 4.20. The van der Waals surface area contributed by atoms with Crippen LogP contribution in [0.5, 0.6) is 0 Å². The highest BCUT2D eigenvalue weighted by atomic mass is 32.2. The van der Waals surface area contributed by atoms with E-state index in [0.717, 1.165) is 0 Å². The summed E-state index contributed by atoms with van der Waals surface area (Å²) in [6.07, 6.45) is 0. The molecule has 1 atom stereocenters. The molecule has 0 aromatic carbocycles. The van der Waals surface area contributed by atoms with Gasteiger partial charge in [-0.25, -0.2) is 0 Å². The number of thioether (sulfide) groups is 1. The van der Waals surface area contributed by atoms with Crippen molar-refractivity contribution >= 4 is 23.7 Å². The van der Waals surface area contributed by atoms with E-state index in [1.807, 2.05) is 0 Å². The Balaban J connectivity index is 2.54. The highest BCUT2D eigenvalue weighted by Crippen LogP contribution is 2.16. The lowest BCUT2D eigenvalue weighted by atomic mass is 10.5. The Bertz CT molecular complexity index is 154. The van der Waals surface area contributed by atoms with E-state index in [1.54, 1.807) is 6.92 Å². The number of cyclic esters (lactones) is 2. The maximum atomic E-state index is 10.5. The number of esters is 2. The van der Waals surface area contributed by atoms with Crippen LogP contribution in [0.1, 0.15) is 6.92 Å². The van der Waals surface area contributed by atoms with Crippen LogP contribution in [-0.4, -0.2) is 22.9 Å². The molecule has 0 amide bonds. The van der Waals surface area contributed by atoms with Crippen LogP contribution in [0.4, 0.5) is 0 Å². The van der Waals surface area contributed by atoms with Crippen LogP contribution >= 0.6 is 11.8 Å². The monoisotopic (exact) mass is 146 g/mol. The van der Waals surface area contributed by atoms with Gasteiger partial charge in [-0.2, -0.15) is 0 Å². The lowest BCUT2D eigenvalue weighted by Crippen LogP contribution is -2.28. The Kier molecular flexibility index (Phi) is 1.75. The molecule has 0 aliphatic carbocycles. The highest BCUT2D eigenvalue weighted by Gasteiger charge is 2.25. The molecule has 1 heterocycles. The van der Waals surface area contributed by atoms with Gasteiger partial charge in [0.1, 0.15) is 5.25 Å². The zero-order chi connectivity index (χ0) is 6.85. The van der Waals surface area contributed by atoms with Gasteiger partial charge in [-0.05, 0) is 6.92 Å². The Morgan fingerprint density at radius 2 is 2.33 bits per heavy atom. The first-order valence-corrected chi connectivity index (χ1v) is 3.61. The number of hydrogen-bond donors (Lipinski definition) is 0. The third-order valence-corrected chi connectivity index (χ3v) is 2.09. The fourth-order valence-electron chi connectivity index (χ4n) is 0.486. The van der Waals surface area contributed by atoms with Crippen LogP contribution in [-0.2, 0) is 14.3 Å². The van der Waals surface area contributed by atoms with Crippen LogP contribution in [0.25, 0.3) is 0 Å². The molecule has 50 valence electrons. The summed E-state index contributed by atoms with van der Waals surface area (Å²) in [5, 5.41) is -0.178. The van der Waals surface area contributed by atoms with Crippen LogP contribution in [0, 0.1) is 0 Å². The largest absolute Gasteiger partial charge is 0.392 e. The quantitative estimate of drug-likeness (QED) is 0.361. The molecule has 0 bridgehead atoms. The second kappa shape index (κ2) is 2.39. The first kappa shape index (κ1) is 6.61. The topological polar surface area (TPSA) is 43.4 Å². The van der Waals surface area contributed by atoms with E-state index in [-0.39, 0.29) is 5.25 Å². The summed E-state index contributed by atoms with van der Waals surface area (Å²) in [5.41, 5.74) is 0. The Morgan fingerprint density at radius 1 is 1.67 bits per heavy atom. The minimum absolute atomic E-state index is 0.178. The molecule has 0 aromatic rings. The first-order valence-electron chi connectivity index (χ1n) is 2.56. The van der Waals surface area contributed by atoms with Crippen molar-refractivity contribution in [1.29, 1.82) is 0 Å². The van der Waals surface area contributed by atoms with Crippen molar-refractivity contribution < 1.29 is 14.3 Å². The normalized spacial score (nSPS) is 27.9. The molecule has 0 aromatic heterocycles. The lowest BCUT2D eigenvalue weighted by Gasteiger charge is -2.13. The highest BCUT2D eigenvalue weighted by molar-refractivity contribution is 8.01. The summed E-state index contributed by atoms with van der Waals surface area (Å²) in [6, 6.07) is 0. The third kappa shape index (κ3) is 1.45. The van der Waals surface area contributed by atoms with Crippen molar-refractivity contribution in [2.45, 2.75) is 12.2 Å². The summed E-state index contributed by atoms with van der Waals surface area (Å²) in [5.74, 6) is -0.549. The fraction of sp³-hybridized carbons (Fsp3) is 0.600. The summed E-state index contributed by atoms with van der Waals surface area (Å²) in [4.78, 5) is 20.9. The fourth-order valence-corrected chi connectivity index (χ4v) is 1.11. The third-order valence-electron chi connectivity index (χ3n) is 0.998. The van der Waals surface area contributed by atoms with Crippen molar-refractivity contribution in [1.82, 2.24) is 0 Å². The van der Waals surface area contributed by atoms with Crippen molar-refractivity contribution in [2.24, 2.45) is 0 Å². The zero-order valence-corrected chi connectivity index (χ0v) is 5.73. The van der Waals surface area contributed by atoms with E-state index < -0.39 is 11.9 Å². The second-order valence-electron chi connectivity index (χ2n) is 1.75. The number of carbonyl (C=O) groups is 2. The molecule has 0 N–H and O–H groups in total. The summed E-state index contributed by atoms with van der Waals surface area (Å²) >= 11 is 1.31. The number of ether oxygens (including phenoxy) is 1. The molecule has 1 fully saturated rings. The second-order valence-corrected chi connectivity index (χ2v) is 3.08. The van der Waals surface area contributed by atoms with Crippen LogP contribution in [0.3, 0.4) is 0 Å². The molecule has 1 aliphatic heterocycles. The number of hydrogen-bond acceptors (Lipinski definition) is 4. The van der Waals surface area contributed by atoms with Crippen molar-refractivity contribution in [3.63, 3.8) is 0 Å². The van der Waals surface area contributed by atoms with Gasteiger partial charge in [0.15, 0.2) is 0 Å². The predicted octanol–water partition coefficient (Wildman–Crippen LogP) is 0.191. The molecule has 0 saturated carbocycles. The van der Waals surface area contributed by atoms with Crippen molar-refractivity contribution in [3.05, 3.63) is 0 Å². The SMILES string of the molecule is C[C@@H]1SCC(=O)OC1=O. The molecular weight excluding hydrogens is 140 g/mol. The van der Waals surface area contributed by atoms with E-state index in [1.165, 1.54) is 11.8 Å². The molecule has 0 spiro atoms. The maximum Gasteiger partial charge on any atom is 0.326 e. The molecule has 3 nitrogen and oxygen atoms in total. The minimum Gasteiger partial charge on any atom is -0.392 e. The maximum absolute atomic E-state index is 10.5. The van der Waals surface area contributed by atoms with Crippen LogP contribution in [0.2, 0.25) is 0 Å².